The van der Waals surface area contributed by atoms with Gasteiger partial charge in [-0.2, -0.15) is 5.10 Å². The van der Waals surface area contributed by atoms with Crippen molar-refractivity contribution < 1.29 is 0 Å². The Kier molecular flexibility index (Phi) is 1.92. The van der Waals surface area contributed by atoms with Crippen LogP contribution in [0.2, 0.25) is 0 Å². The molecule has 0 saturated carbocycles. The van der Waals surface area contributed by atoms with Gasteiger partial charge in [-0.3, -0.25) is 4.68 Å². The summed E-state index contributed by atoms with van der Waals surface area (Å²) < 4.78 is 1.79. The van der Waals surface area contributed by atoms with Gasteiger partial charge in [-0.05, 0) is 6.92 Å². The average molecular weight is 189 g/mol. The smallest absolute Gasteiger partial charge is 0.162 e. The normalized spacial score (nSPS) is 10.4. The van der Waals surface area contributed by atoms with E-state index in [1.807, 2.05) is 14.0 Å². The highest BCUT2D eigenvalue weighted by molar-refractivity contribution is 5.57. The molecule has 0 bridgehead atoms. The van der Waals surface area contributed by atoms with E-state index in [1.165, 1.54) is 0 Å². The van der Waals surface area contributed by atoms with Crippen LogP contribution in [0.4, 0.5) is 5.69 Å². The number of hydrogen-bond donors (Lipinski definition) is 1. The van der Waals surface area contributed by atoms with Gasteiger partial charge in [0.2, 0.25) is 0 Å². The lowest BCUT2D eigenvalue weighted by Gasteiger charge is -1.99. The van der Waals surface area contributed by atoms with E-state index in [0.29, 0.717) is 11.5 Å². The molecular formula is C9H11N5. The molecule has 2 aromatic heterocycles. The van der Waals surface area contributed by atoms with Gasteiger partial charge >= 0.3 is 0 Å². The fourth-order valence-corrected chi connectivity index (χ4v) is 1.20. The van der Waals surface area contributed by atoms with Crippen molar-refractivity contribution in [3.05, 3.63) is 24.3 Å². The minimum Gasteiger partial charge on any atom is -0.396 e. The topological polar surface area (TPSA) is 69.6 Å². The molecule has 0 radical (unpaired) electrons. The summed E-state index contributed by atoms with van der Waals surface area (Å²) in [5.41, 5.74) is 8.04. The van der Waals surface area contributed by atoms with Gasteiger partial charge in [0.25, 0.3) is 0 Å². The van der Waals surface area contributed by atoms with Gasteiger partial charge in [0.05, 0.1) is 29.8 Å². The van der Waals surface area contributed by atoms with E-state index >= 15 is 0 Å². The number of aryl methyl sites for hydroxylation is 1. The van der Waals surface area contributed by atoms with Crippen molar-refractivity contribution in [3.8, 4) is 11.4 Å². The molecule has 0 aliphatic rings. The number of nitrogens with zero attached hydrogens (tertiary/aromatic N) is 4. The molecule has 5 nitrogen and oxygen atoms in total. The van der Waals surface area contributed by atoms with Crippen LogP contribution in [0.1, 0.15) is 5.69 Å². The second kappa shape index (κ2) is 3.10. The third-order valence-corrected chi connectivity index (χ3v) is 2.15. The van der Waals surface area contributed by atoms with Crippen LogP contribution in [-0.4, -0.2) is 19.7 Å². The molecule has 0 fully saturated rings. The summed E-state index contributed by atoms with van der Waals surface area (Å²) >= 11 is 0. The highest BCUT2D eigenvalue weighted by atomic mass is 15.3. The van der Waals surface area contributed by atoms with Gasteiger partial charge in [-0.25, -0.2) is 9.97 Å². The van der Waals surface area contributed by atoms with Crippen molar-refractivity contribution in [2.24, 2.45) is 7.05 Å². The first kappa shape index (κ1) is 8.68. The molecule has 14 heavy (non-hydrogen) atoms. The van der Waals surface area contributed by atoms with Gasteiger partial charge in [0.15, 0.2) is 5.82 Å². The molecule has 0 aliphatic carbocycles. The Morgan fingerprint density at radius 1 is 1.21 bits per heavy atom. The van der Waals surface area contributed by atoms with Crippen molar-refractivity contribution in [2.75, 3.05) is 5.73 Å². The summed E-state index contributed by atoms with van der Waals surface area (Å²) in [5, 5.41) is 4.12. The summed E-state index contributed by atoms with van der Waals surface area (Å²) in [4.78, 5) is 8.27. The monoisotopic (exact) mass is 189 g/mol. The predicted octanol–water partition coefficient (Wildman–Crippen LogP) is 0.768. The average Bonchev–Trinajstić information content (AvgIpc) is 2.50. The number of hydrogen-bond acceptors (Lipinski definition) is 4. The van der Waals surface area contributed by atoms with Gasteiger partial charge < -0.3 is 5.73 Å². The summed E-state index contributed by atoms with van der Waals surface area (Å²) in [5.74, 6) is 0.657. The fourth-order valence-electron chi connectivity index (χ4n) is 1.20. The van der Waals surface area contributed by atoms with E-state index in [1.54, 1.807) is 23.3 Å². The Labute approximate surface area is 81.6 Å². The molecular weight excluding hydrogens is 178 g/mol. The van der Waals surface area contributed by atoms with Crippen LogP contribution < -0.4 is 5.73 Å². The lowest BCUT2D eigenvalue weighted by molar-refractivity contribution is 0.740. The zero-order valence-electron chi connectivity index (χ0n) is 8.10. The van der Waals surface area contributed by atoms with Crippen LogP contribution in [-0.2, 0) is 7.05 Å². The third kappa shape index (κ3) is 1.32. The second-order valence-electron chi connectivity index (χ2n) is 3.11. The number of rotatable bonds is 1. The van der Waals surface area contributed by atoms with Crippen molar-refractivity contribution >= 4 is 5.69 Å². The minimum atomic E-state index is 0.565. The lowest BCUT2D eigenvalue weighted by Crippen LogP contribution is -1.95. The van der Waals surface area contributed by atoms with Gasteiger partial charge in [0.1, 0.15) is 0 Å². The standard InChI is InChI=1S/C9H11N5/c1-6-8(5-13-14(6)2)9-11-3-7(10)4-12-9/h3-5H,10H2,1-2H3. The number of anilines is 1. The number of nitrogen functional groups attached to an aromatic ring is 1. The molecule has 5 heteroatoms. The van der Waals surface area contributed by atoms with Gasteiger partial charge in [-0.1, -0.05) is 0 Å². The van der Waals surface area contributed by atoms with Crippen LogP contribution in [0.15, 0.2) is 18.6 Å². The first-order valence-corrected chi connectivity index (χ1v) is 4.25. The van der Waals surface area contributed by atoms with Crippen molar-refractivity contribution in [3.63, 3.8) is 0 Å². The largest absolute Gasteiger partial charge is 0.396 e. The van der Waals surface area contributed by atoms with E-state index in [-0.39, 0.29) is 0 Å². The van der Waals surface area contributed by atoms with E-state index < -0.39 is 0 Å². The maximum Gasteiger partial charge on any atom is 0.162 e. The quantitative estimate of drug-likeness (QED) is 0.719. The molecule has 0 atom stereocenters. The molecule has 0 amide bonds. The van der Waals surface area contributed by atoms with E-state index in [2.05, 4.69) is 15.1 Å². The highest BCUT2D eigenvalue weighted by Crippen LogP contribution is 2.17. The highest BCUT2D eigenvalue weighted by Gasteiger charge is 2.08. The van der Waals surface area contributed by atoms with E-state index in [9.17, 15) is 0 Å². The van der Waals surface area contributed by atoms with Crippen molar-refractivity contribution in [2.45, 2.75) is 6.92 Å². The maximum atomic E-state index is 5.50. The van der Waals surface area contributed by atoms with Crippen LogP contribution in [0.3, 0.4) is 0 Å². The SMILES string of the molecule is Cc1c(-c2ncc(N)cn2)cnn1C. The molecule has 2 N–H and O–H groups in total. The van der Waals surface area contributed by atoms with Crippen LogP contribution in [0, 0.1) is 6.92 Å². The predicted molar refractivity (Wildman–Crippen MR) is 53.4 cm³/mol. The maximum absolute atomic E-state index is 5.50. The van der Waals surface area contributed by atoms with Crippen molar-refractivity contribution in [1.82, 2.24) is 19.7 Å². The first-order valence-electron chi connectivity index (χ1n) is 4.25. The zero-order valence-corrected chi connectivity index (χ0v) is 8.10. The van der Waals surface area contributed by atoms with Crippen molar-refractivity contribution in [1.29, 1.82) is 0 Å². The molecule has 0 saturated heterocycles. The molecule has 2 rings (SSSR count). The molecule has 0 aliphatic heterocycles. The summed E-state index contributed by atoms with van der Waals surface area (Å²) in [6.45, 7) is 1.97. The lowest BCUT2D eigenvalue weighted by atomic mass is 10.2. The third-order valence-electron chi connectivity index (χ3n) is 2.15. The molecule has 0 aromatic carbocycles. The van der Waals surface area contributed by atoms with E-state index in [4.69, 9.17) is 5.73 Å². The number of nitrogens with two attached hydrogens (primary N) is 1. The van der Waals surface area contributed by atoms with E-state index in [0.717, 1.165) is 11.3 Å². The van der Waals surface area contributed by atoms with Gasteiger partial charge in [-0.15, -0.1) is 0 Å². The summed E-state index contributed by atoms with van der Waals surface area (Å²) in [6, 6.07) is 0. The molecule has 0 unspecified atom stereocenters. The van der Waals surface area contributed by atoms with Crippen LogP contribution in [0.25, 0.3) is 11.4 Å². The Morgan fingerprint density at radius 2 is 1.86 bits per heavy atom. The Hall–Kier alpha value is -1.91. The second-order valence-corrected chi connectivity index (χ2v) is 3.11. The Morgan fingerprint density at radius 3 is 2.36 bits per heavy atom. The minimum absolute atomic E-state index is 0.565. The molecule has 2 aromatic rings. The van der Waals surface area contributed by atoms with Gasteiger partial charge in [0, 0.05) is 12.7 Å². The Bertz CT molecular complexity index is 443. The summed E-state index contributed by atoms with van der Waals surface area (Å²) in [7, 11) is 1.89. The molecule has 72 valence electrons. The molecule has 0 spiro atoms. The number of aromatic nitrogens is 4. The first-order chi connectivity index (χ1) is 6.68. The van der Waals surface area contributed by atoms with Crippen LogP contribution in [0.5, 0.6) is 0 Å². The molecule has 2 heterocycles. The summed E-state index contributed by atoms with van der Waals surface area (Å²) in [6.07, 6.45) is 4.93. The Balaban J connectivity index is 2.49. The van der Waals surface area contributed by atoms with Crippen LogP contribution >= 0.6 is 0 Å². The fraction of sp³-hybridized carbons (Fsp3) is 0.222. The zero-order chi connectivity index (χ0) is 10.1.